The predicted octanol–water partition coefficient (Wildman–Crippen LogP) is 6.45. The molecule has 0 saturated carbocycles. The number of aryl methyl sites for hydroxylation is 1. The summed E-state index contributed by atoms with van der Waals surface area (Å²) in [4.78, 5) is 49.4. The van der Waals surface area contributed by atoms with Crippen molar-refractivity contribution in [3.63, 3.8) is 0 Å². The van der Waals surface area contributed by atoms with Gasteiger partial charge in [0.2, 0.25) is 5.91 Å². The van der Waals surface area contributed by atoms with Crippen molar-refractivity contribution in [3.05, 3.63) is 58.7 Å². The number of rotatable bonds is 14. The molecule has 2 amide bonds. The van der Waals surface area contributed by atoms with Crippen molar-refractivity contribution in [1.29, 1.82) is 0 Å². The maximum atomic E-state index is 13.6. The molecule has 2 aliphatic rings. The van der Waals surface area contributed by atoms with Gasteiger partial charge < -0.3 is 24.7 Å². The lowest BCUT2D eigenvalue weighted by molar-refractivity contribution is -0.182. The fourth-order valence-corrected chi connectivity index (χ4v) is 8.48. The molecule has 2 aliphatic heterocycles. The number of fused-ring (bicyclic) bond motifs is 1. The van der Waals surface area contributed by atoms with Gasteiger partial charge in [0.15, 0.2) is 0 Å². The van der Waals surface area contributed by atoms with E-state index in [0.717, 1.165) is 44.7 Å². The number of methoxy groups -OCH3 is 1. The Morgan fingerprint density at radius 3 is 2.60 bits per heavy atom. The predicted molar refractivity (Wildman–Crippen MR) is 212 cm³/mol. The van der Waals surface area contributed by atoms with Crippen LogP contribution in [0.4, 0.5) is 13.2 Å². The summed E-state index contributed by atoms with van der Waals surface area (Å²) in [6.07, 6.45) is -1.42. The van der Waals surface area contributed by atoms with E-state index < -0.39 is 53.3 Å². The van der Waals surface area contributed by atoms with Crippen LogP contribution in [0.1, 0.15) is 71.2 Å². The number of hydrazine groups is 1. The van der Waals surface area contributed by atoms with Gasteiger partial charge in [0.05, 0.1) is 47.1 Å². The molecule has 2 saturated heterocycles. The number of nitrogens with one attached hydrogen (secondary N) is 3. The summed E-state index contributed by atoms with van der Waals surface area (Å²) in [7, 11) is 1.66. The van der Waals surface area contributed by atoms with Gasteiger partial charge in [-0.1, -0.05) is 26.8 Å². The second-order valence-electron chi connectivity index (χ2n) is 15.6. The van der Waals surface area contributed by atoms with E-state index in [-0.39, 0.29) is 38.8 Å². The number of carbonyl (C=O) groups excluding carboxylic acids is 3. The van der Waals surface area contributed by atoms with E-state index in [4.69, 9.17) is 14.5 Å². The summed E-state index contributed by atoms with van der Waals surface area (Å²) in [6.45, 7) is 10.4. The first-order valence-corrected chi connectivity index (χ1v) is 20.4. The highest BCUT2D eigenvalue weighted by Gasteiger charge is 2.50. The van der Waals surface area contributed by atoms with Crippen LogP contribution in [-0.2, 0) is 36.8 Å². The van der Waals surface area contributed by atoms with Crippen LogP contribution < -0.4 is 16.1 Å². The van der Waals surface area contributed by atoms with Crippen molar-refractivity contribution < 1.29 is 37.0 Å². The molecule has 57 heavy (non-hydrogen) atoms. The Hall–Kier alpha value is -4.38. The third-order valence-electron chi connectivity index (χ3n) is 11.0. The molecule has 4 aromatic rings. The van der Waals surface area contributed by atoms with Gasteiger partial charge in [-0.3, -0.25) is 24.4 Å². The number of aromatic nitrogens is 3. The van der Waals surface area contributed by atoms with Crippen LogP contribution in [0.2, 0.25) is 0 Å². The van der Waals surface area contributed by atoms with Gasteiger partial charge >= 0.3 is 12.1 Å². The highest BCUT2D eigenvalue weighted by Crippen LogP contribution is 2.42. The Morgan fingerprint density at radius 1 is 1.12 bits per heavy atom. The van der Waals surface area contributed by atoms with E-state index in [1.165, 1.54) is 16.3 Å². The summed E-state index contributed by atoms with van der Waals surface area (Å²) in [5.74, 6) is -5.02. The lowest BCUT2D eigenvalue weighted by atomic mass is 9.84. The van der Waals surface area contributed by atoms with Crippen molar-refractivity contribution in [2.45, 2.75) is 91.2 Å². The number of ether oxygens (including phenoxy) is 2. The monoisotopic (exact) mass is 811 g/mol. The summed E-state index contributed by atoms with van der Waals surface area (Å²) in [5, 5.41) is 9.54. The van der Waals surface area contributed by atoms with Gasteiger partial charge in [0.1, 0.15) is 12.1 Å². The summed E-state index contributed by atoms with van der Waals surface area (Å²) in [6, 6.07) is 8.50. The van der Waals surface area contributed by atoms with Crippen molar-refractivity contribution in [1.82, 2.24) is 35.6 Å². The summed E-state index contributed by atoms with van der Waals surface area (Å²) < 4.78 is 54.6. The number of thiazole rings is 1. The quantitative estimate of drug-likeness (QED) is 0.123. The SMILES string of the molecule is CC[C@H](NC(=O)[C@@H]1CNC[C@H]1C(F)(F)F)C(=O)N1CCC[C@@H](C(=O)OCC(C)(C)Cc2c(-c3cccnc3[C@H](C)OC)n(CC)c3ccc(-c4cscn4)cc23)N1. The molecule has 1 aromatic carbocycles. The van der Waals surface area contributed by atoms with Crippen molar-refractivity contribution >= 4 is 40.0 Å². The molecule has 0 spiro atoms. The Labute approximate surface area is 334 Å². The first-order valence-electron chi connectivity index (χ1n) is 19.5. The largest absolute Gasteiger partial charge is 0.464 e. The Balaban J connectivity index is 1.19. The molecule has 0 bridgehead atoms. The number of halogens is 3. The molecular weight excluding hydrogens is 760 g/mol. The van der Waals surface area contributed by atoms with Crippen LogP contribution in [0.5, 0.6) is 0 Å². The zero-order valence-electron chi connectivity index (χ0n) is 33.2. The maximum Gasteiger partial charge on any atom is 0.393 e. The number of pyridine rings is 1. The molecule has 3 N–H and O–H groups in total. The van der Waals surface area contributed by atoms with Gasteiger partial charge in [-0.15, -0.1) is 11.3 Å². The molecule has 6 rings (SSSR count). The van der Waals surface area contributed by atoms with Crippen LogP contribution in [0.25, 0.3) is 33.4 Å². The Morgan fingerprint density at radius 2 is 1.91 bits per heavy atom. The number of esters is 1. The molecule has 12 nitrogen and oxygen atoms in total. The van der Waals surface area contributed by atoms with Crippen LogP contribution in [0.15, 0.2) is 47.4 Å². The van der Waals surface area contributed by atoms with Crippen LogP contribution >= 0.6 is 11.3 Å². The number of alkyl halides is 3. The number of hydrogen-bond acceptors (Lipinski definition) is 10. The molecule has 0 aliphatic carbocycles. The standard InChI is InChI=1S/C41H52F3N7O5S/c1-7-31(48-37(52)29-19-45-20-30(29)41(42,43)44)38(53)51-16-10-12-32(49-51)39(54)56-22-40(4,5)18-28-27-17-25(33-21-57-23-47-33)13-14-34(27)50(8-2)36(28)26-11-9-15-46-35(26)24(3)55-6/h9,11,13-15,17,21,23-24,29-32,45,49H,7-8,10,12,16,18-20,22H2,1-6H3,(H,48,52)/t24-,29+,30+,31-,32-/m0/s1. The minimum Gasteiger partial charge on any atom is -0.464 e. The Bertz CT molecular complexity index is 2050. The molecule has 2 fully saturated rings. The van der Waals surface area contributed by atoms with E-state index >= 15 is 0 Å². The topological polar surface area (TPSA) is 140 Å². The second kappa shape index (κ2) is 17.6. The van der Waals surface area contributed by atoms with Crippen LogP contribution in [0, 0.1) is 17.3 Å². The summed E-state index contributed by atoms with van der Waals surface area (Å²) in [5.41, 5.74) is 11.1. The zero-order valence-corrected chi connectivity index (χ0v) is 34.1. The molecule has 0 radical (unpaired) electrons. The number of amides is 2. The lowest BCUT2D eigenvalue weighted by Gasteiger charge is -2.35. The number of carbonyl (C=O) groups is 3. The minimum absolute atomic E-state index is 0.0831. The van der Waals surface area contributed by atoms with E-state index in [2.05, 4.69) is 56.8 Å². The smallest absolute Gasteiger partial charge is 0.393 e. The highest BCUT2D eigenvalue weighted by atomic mass is 32.1. The number of hydrogen-bond donors (Lipinski definition) is 3. The van der Waals surface area contributed by atoms with Gasteiger partial charge in [-0.25, -0.2) is 10.4 Å². The normalized spacial score (nSPS) is 20.1. The number of benzene rings is 1. The van der Waals surface area contributed by atoms with E-state index in [1.54, 1.807) is 20.2 Å². The van der Waals surface area contributed by atoms with E-state index in [0.29, 0.717) is 25.8 Å². The van der Waals surface area contributed by atoms with Gasteiger partial charge in [-0.05, 0) is 69.4 Å². The summed E-state index contributed by atoms with van der Waals surface area (Å²) >= 11 is 1.54. The third kappa shape index (κ3) is 9.19. The molecule has 16 heteroatoms. The van der Waals surface area contributed by atoms with Crippen LogP contribution in [0.3, 0.4) is 0 Å². The fraction of sp³-hybridized carbons (Fsp3) is 0.537. The molecule has 5 heterocycles. The van der Waals surface area contributed by atoms with Gasteiger partial charge in [0, 0.05) is 72.3 Å². The van der Waals surface area contributed by atoms with Gasteiger partial charge in [0.25, 0.3) is 5.91 Å². The van der Waals surface area contributed by atoms with E-state index in [9.17, 15) is 27.6 Å². The number of nitrogens with zero attached hydrogens (tertiary/aromatic N) is 4. The average molecular weight is 812 g/mol. The molecule has 308 valence electrons. The molecule has 0 unspecified atom stereocenters. The zero-order chi connectivity index (χ0) is 41.1. The fourth-order valence-electron chi connectivity index (χ4n) is 7.92. The van der Waals surface area contributed by atoms with Gasteiger partial charge in [-0.2, -0.15) is 13.2 Å². The van der Waals surface area contributed by atoms with Crippen molar-refractivity contribution in [3.8, 4) is 22.5 Å². The van der Waals surface area contributed by atoms with Crippen molar-refractivity contribution in [2.24, 2.45) is 17.3 Å². The maximum absolute atomic E-state index is 13.6. The molecular formula is C41H52F3N7O5S. The lowest BCUT2D eigenvalue weighted by Crippen LogP contribution is -2.60. The Kier molecular flexibility index (Phi) is 13.1. The third-order valence-corrected chi connectivity index (χ3v) is 11.6. The average Bonchev–Trinajstić information content (AvgIpc) is 3.99. The minimum atomic E-state index is -4.54. The highest BCUT2D eigenvalue weighted by molar-refractivity contribution is 7.07. The van der Waals surface area contributed by atoms with Crippen molar-refractivity contribution in [2.75, 3.05) is 33.4 Å². The second-order valence-corrected chi connectivity index (χ2v) is 16.4. The first-order chi connectivity index (χ1) is 27.2. The molecule has 5 atom stereocenters. The van der Waals surface area contributed by atoms with Crippen LogP contribution in [-0.4, -0.2) is 88.9 Å². The first kappa shape index (κ1) is 42.2. The molecule has 3 aromatic heterocycles. The van der Waals surface area contributed by atoms with E-state index in [1.807, 2.05) is 37.7 Å².